The van der Waals surface area contributed by atoms with Crippen molar-refractivity contribution in [3.8, 4) is 11.1 Å². The summed E-state index contributed by atoms with van der Waals surface area (Å²) in [7, 11) is 0. The summed E-state index contributed by atoms with van der Waals surface area (Å²) < 4.78 is 0. The number of carbonyl (C=O) groups is 1. The lowest BCUT2D eigenvalue weighted by atomic mass is 9.96. The number of nitrogens with zero attached hydrogens (tertiary/aromatic N) is 1. The van der Waals surface area contributed by atoms with Crippen LogP contribution in [0.25, 0.3) is 11.1 Å². The second-order valence-corrected chi connectivity index (χ2v) is 8.46. The zero-order valence-corrected chi connectivity index (χ0v) is 18.3. The molecular weight excluding hydrogens is 406 g/mol. The van der Waals surface area contributed by atoms with E-state index >= 15 is 0 Å². The number of anilines is 1. The number of hydrogen-bond donors (Lipinski definition) is 2. The molecule has 31 heavy (non-hydrogen) atoms. The van der Waals surface area contributed by atoms with Gasteiger partial charge in [0.15, 0.2) is 0 Å². The standard InChI is InChI=1S/C26H28ClN3O/c27-24-12-6-4-10-22(24)19-30-16-14-20(15-17-30)18-28-26(31)29-25-13-7-5-11-23(25)21-8-2-1-3-9-21/h1-13,20H,14-19H2,(H2,28,29,31). The van der Waals surface area contributed by atoms with Crippen LogP contribution >= 0.6 is 11.6 Å². The van der Waals surface area contributed by atoms with Crippen LogP contribution in [-0.2, 0) is 6.54 Å². The van der Waals surface area contributed by atoms with E-state index in [-0.39, 0.29) is 6.03 Å². The molecule has 1 aliphatic rings. The predicted octanol–water partition coefficient (Wildman–Crippen LogP) is 6.04. The molecule has 0 atom stereocenters. The Labute approximate surface area is 189 Å². The van der Waals surface area contributed by atoms with Crippen LogP contribution in [0.3, 0.4) is 0 Å². The zero-order valence-electron chi connectivity index (χ0n) is 17.6. The number of piperidine rings is 1. The van der Waals surface area contributed by atoms with E-state index in [4.69, 9.17) is 11.6 Å². The minimum Gasteiger partial charge on any atom is -0.338 e. The van der Waals surface area contributed by atoms with Crippen molar-refractivity contribution < 1.29 is 4.79 Å². The van der Waals surface area contributed by atoms with Gasteiger partial charge in [-0.05, 0) is 55.1 Å². The molecule has 4 rings (SSSR count). The number of carbonyl (C=O) groups excluding carboxylic acids is 1. The Morgan fingerprint density at radius 3 is 2.35 bits per heavy atom. The molecule has 3 aromatic carbocycles. The van der Waals surface area contributed by atoms with E-state index in [1.807, 2.05) is 60.7 Å². The fraction of sp³-hybridized carbons (Fsp3) is 0.269. The highest BCUT2D eigenvalue weighted by Crippen LogP contribution is 2.27. The number of rotatable bonds is 6. The number of amides is 2. The van der Waals surface area contributed by atoms with Crippen LogP contribution in [0.2, 0.25) is 5.02 Å². The summed E-state index contributed by atoms with van der Waals surface area (Å²) in [5.41, 5.74) is 4.10. The molecule has 0 bridgehead atoms. The molecule has 5 heteroatoms. The van der Waals surface area contributed by atoms with E-state index < -0.39 is 0 Å². The molecule has 4 nitrogen and oxygen atoms in total. The lowest BCUT2D eigenvalue weighted by molar-refractivity contribution is 0.176. The van der Waals surface area contributed by atoms with Gasteiger partial charge >= 0.3 is 6.03 Å². The number of hydrogen-bond acceptors (Lipinski definition) is 2. The summed E-state index contributed by atoms with van der Waals surface area (Å²) >= 11 is 6.29. The van der Waals surface area contributed by atoms with Crippen molar-refractivity contribution in [2.24, 2.45) is 5.92 Å². The topological polar surface area (TPSA) is 44.4 Å². The minimum absolute atomic E-state index is 0.151. The van der Waals surface area contributed by atoms with Crippen LogP contribution in [0.5, 0.6) is 0 Å². The Hall–Kier alpha value is -2.82. The SMILES string of the molecule is O=C(NCC1CCN(Cc2ccccc2Cl)CC1)Nc1ccccc1-c1ccccc1. The van der Waals surface area contributed by atoms with Crippen LogP contribution in [0.4, 0.5) is 10.5 Å². The highest BCUT2D eigenvalue weighted by Gasteiger charge is 2.20. The first-order valence-electron chi connectivity index (χ1n) is 10.8. The van der Waals surface area contributed by atoms with Crippen LogP contribution in [0, 0.1) is 5.92 Å². The van der Waals surface area contributed by atoms with Gasteiger partial charge in [-0.1, -0.05) is 78.3 Å². The Morgan fingerprint density at radius 2 is 1.58 bits per heavy atom. The summed E-state index contributed by atoms with van der Waals surface area (Å²) in [6, 6.07) is 25.9. The van der Waals surface area contributed by atoms with Gasteiger partial charge in [0.25, 0.3) is 0 Å². The molecule has 1 heterocycles. The third kappa shape index (κ3) is 5.87. The summed E-state index contributed by atoms with van der Waals surface area (Å²) in [5, 5.41) is 6.92. The first kappa shape index (κ1) is 21.4. The van der Waals surface area contributed by atoms with E-state index in [0.717, 1.165) is 54.3 Å². The Balaban J connectivity index is 1.25. The monoisotopic (exact) mass is 433 g/mol. The van der Waals surface area contributed by atoms with E-state index in [9.17, 15) is 4.79 Å². The van der Waals surface area contributed by atoms with Crippen molar-refractivity contribution in [3.05, 3.63) is 89.4 Å². The smallest absolute Gasteiger partial charge is 0.319 e. The maximum atomic E-state index is 12.5. The number of benzene rings is 3. The van der Waals surface area contributed by atoms with Gasteiger partial charge in [0, 0.05) is 23.7 Å². The van der Waals surface area contributed by atoms with Crippen LogP contribution < -0.4 is 10.6 Å². The Morgan fingerprint density at radius 1 is 0.903 bits per heavy atom. The Kier molecular flexibility index (Phi) is 7.23. The minimum atomic E-state index is -0.151. The second-order valence-electron chi connectivity index (χ2n) is 8.06. The molecule has 0 radical (unpaired) electrons. The molecule has 0 spiro atoms. The van der Waals surface area contributed by atoms with Gasteiger partial charge in [0.2, 0.25) is 0 Å². The zero-order chi connectivity index (χ0) is 21.5. The number of urea groups is 1. The number of nitrogens with one attached hydrogen (secondary N) is 2. The highest BCUT2D eigenvalue weighted by atomic mass is 35.5. The summed E-state index contributed by atoms with van der Waals surface area (Å²) in [4.78, 5) is 15.0. The molecule has 2 amide bonds. The molecule has 0 aliphatic carbocycles. The van der Waals surface area contributed by atoms with Crippen molar-refractivity contribution in [3.63, 3.8) is 0 Å². The van der Waals surface area contributed by atoms with Crippen molar-refractivity contribution in [1.29, 1.82) is 0 Å². The highest BCUT2D eigenvalue weighted by molar-refractivity contribution is 6.31. The number of halogens is 1. The van der Waals surface area contributed by atoms with Crippen molar-refractivity contribution in [1.82, 2.24) is 10.2 Å². The second kappa shape index (κ2) is 10.5. The average Bonchev–Trinajstić information content (AvgIpc) is 2.81. The van der Waals surface area contributed by atoms with Crippen molar-refractivity contribution in [2.45, 2.75) is 19.4 Å². The Bertz CT molecular complexity index is 1000. The van der Waals surface area contributed by atoms with Gasteiger partial charge in [0.1, 0.15) is 0 Å². The number of para-hydroxylation sites is 1. The first-order chi connectivity index (χ1) is 15.2. The largest absolute Gasteiger partial charge is 0.338 e. The van der Waals surface area contributed by atoms with Gasteiger partial charge in [0.05, 0.1) is 5.69 Å². The number of likely N-dealkylation sites (tertiary alicyclic amines) is 1. The summed E-state index contributed by atoms with van der Waals surface area (Å²) in [6.07, 6.45) is 2.15. The molecule has 1 aliphatic heterocycles. The predicted molar refractivity (Wildman–Crippen MR) is 128 cm³/mol. The molecule has 1 fully saturated rings. The molecule has 0 unspecified atom stereocenters. The molecule has 0 saturated carbocycles. The fourth-order valence-electron chi connectivity index (χ4n) is 4.08. The maximum Gasteiger partial charge on any atom is 0.319 e. The van der Waals surface area contributed by atoms with Gasteiger partial charge in [-0.25, -0.2) is 4.79 Å². The molecule has 3 aromatic rings. The van der Waals surface area contributed by atoms with Gasteiger partial charge < -0.3 is 10.6 Å². The lowest BCUT2D eigenvalue weighted by Crippen LogP contribution is -2.39. The summed E-state index contributed by atoms with van der Waals surface area (Å²) in [6.45, 7) is 3.63. The first-order valence-corrected chi connectivity index (χ1v) is 11.2. The third-order valence-corrected chi connectivity index (χ3v) is 6.24. The molecule has 1 saturated heterocycles. The van der Waals surface area contributed by atoms with E-state index in [1.54, 1.807) is 0 Å². The molecule has 2 N–H and O–H groups in total. The van der Waals surface area contributed by atoms with Crippen LogP contribution in [0.15, 0.2) is 78.9 Å². The van der Waals surface area contributed by atoms with Crippen LogP contribution in [-0.4, -0.2) is 30.6 Å². The van der Waals surface area contributed by atoms with Crippen molar-refractivity contribution in [2.75, 3.05) is 25.0 Å². The van der Waals surface area contributed by atoms with Crippen molar-refractivity contribution >= 4 is 23.3 Å². The fourth-order valence-corrected chi connectivity index (χ4v) is 4.28. The van der Waals surface area contributed by atoms with E-state index in [2.05, 4.69) is 33.7 Å². The normalized spacial score (nSPS) is 14.9. The average molecular weight is 434 g/mol. The van der Waals surface area contributed by atoms with Gasteiger partial charge in [-0.3, -0.25) is 4.90 Å². The molecule has 160 valence electrons. The van der Waals surface area contributed by atoms with Crippen LogP contribution in [0.1, 0.15) is 18.4 Å². The molecular formula is C26H28ClN3O. The van der Waals surface area contributed by atoms with Gasteiger partial charge in [-0.2, -0.15) is 0 Å². The third-order valence-electron chi connectivity index (χ3n) is 5.87. The summed E-state index contributed by atoms with van der Waals surface area (Å²) in [5.74, 6) is 0.498. The van der Waals surface area contributed by atoms with E-state index in [0.29, 0.717) is 12.5 Å². The lowest BCUT2D eigenvalue weighted by Gasteiger charge is -2.32. The van der Waals surface area contributed by atoms with E-state index in [1.165, 1.54) is 5.56 Å². The maximum absolute atomic E-state index is 12.5. The molecule has 0 aromatic heterocycles. The quantitative estimate of drug-likeness (QED) is 0.497. The van der Waals surface area contributed by atoms with Gasteiger partial charge in [-0.15, -0.1) is 0 Å².